The van der Waals surface area contributed by atoms with E-state index in [0.717, 1.165) is 0 Å². The van der Waals surface area contributed by atoms with E-state index in [-0.39, 0.29) is 23.3 Å². The minimum absolute atomic E-state index is 0.233. The molecule has 0 radical (unpaired) electrons. The van der Waals surface area contributed by atoms with Gasteiger partial charge in [-0.2, -0.15) is 0 Å². The van der Waals surface area contributed by atoms with Crippen LogP contribution in [0.25, 0.3) is 0 Å². The van der Waals surface area contributed by atoms with E-state index in [4.69, 9.17) is 9.47 Å². The van der Waals surface area contributed by atoms with Gasteiger partial charge in [0.1, 0.15) is 23.3 Å². The summed E-state index contributed by atoms with van der Waals surface area (Å²) >= 11 is 0. The van der Waals surface area contributed by atoms with Gasteiger partial charge in [-0.25, -0.2) is 9.59 Å². The zero-order chi connectivity index (χ0) is 23.5. The van der Waals surface area contributed by atoms with Crippen LogP contribution in [0.3, 0.4) is 0 Å². The lowest BCUT2D eigenvalue weighted by atomic mass is 10.2. The molecule has 1 unspecified atom stereocenters. The van der Waals surface area contributed by atoms with Gasteiger partial charge in [-0.15, -0.1) is 0 Å². The molecule has 0 aliphatic rings. The van der Waals surface area contributed by atoms with Crippen molar-refractivity contribution in [3.8, 4) is 0 Å². The lowest BCUT2D eigenvalue weighted by Crippen LogP contribution is -2.49. The molecule has 0 aliphatic heterocycles. The highest BCUT2D eigenvalue weighted by Crippen LogP contribution is 2.23. The van der Waals surface area contributed by atoms with Crippen LogP contribution in [-0.2, 0) is 19.1 Å². The number of hydrogen-bond acceptors (Lipinski definition) is 8. The fourth-order valence-electron chi connectivity index (χ4n) is 1.85. The van der Waals surface area contributed by atoms with Crippen molar-refractivity contribution in [2.45, 2.75) is 64.8 Å². The summed E-state index contributed by atoms with van der Waals surface area (Å²) in [4.78, 5) is 48.0. The third kappa shape index (κ3) is 13.4. The first-order valence-electron chi connectivity index (χ1n) is 9.35. The largest absolute Gasteiger partial charge is 0.444 e. The number of nitrogens with one attached hydrogen (secondary N) is 4. The van der Waals surface area contributed by atoms with Gasteiger partial charge in [0.25, 0.3) is 0 Å². The second-order valence-electron chi connectivity index (χ2n) is 8.20. The molecule has 174 valence electrons. The zero-order valence-corrected chi connectivity index (χ0v) is 20.5. The number of amides is 4. The molecular weight excluding hydrogens is 432 g/mol. The van der Waals surface area contributed by atoms with Crippen molar-refractivity contribution in [1.82, 2.24) is 21.3 Å². The third-order valence-electron chi connectivity index (χ3n) is 3.06. The number of carbonyl (C=O) groups excluding carboxylic acids is 4. The number of likely N-dealkylation sites (N-methyl/N-ethyl adjacent to an activating group) is 2. The van der Waals surface area contributed by atoms with Crippen LogP contribution in [0.15, 0.2) is 0 Å². The third-order valence-corrected chi connectivity index (χ3v) is 5.48. The Balaban J connectivity index is 4.74. The molecule has 0 aromatic carbocycles. The predicted octanol–water partition coefficient (Wildman–Crippen LogP) is 1.65. The standard InChI is InChI=1S/C18H34N4O6S2/c1-17(2,3)27-15(25)21-11(13(23)19-7)9-29-30-10-12(14(24)20-8)22-16(26)28-18(4,5)6/h11-12H,9-10H2,1-8H3,(H,19,23)(H,20,24)(H,21,25)(H,22,26)/t11-,12?/m0/s1. The van der Waals surface area contributed by atoms with Crippen LogP contribution in [0.5, 0.6) is 0 Å². The number of rotatable bonds is 9. The molecule has 30 heavy (non-hydrogen) atoms. The summed E-state index contributed by atoms with van der Waals surface area (Å²) in [6.07, 6.45) is -1.40. The van der Waals surface area contributed by atoms with Gasteiger partial charge in [-0.05, 0) is 41.5 Å². The highest BCUT2D eigenvalue weighted by atomic mass is 33.1. The number of ether oxygens (including phenoxy) is 2. The molecule has 0 bridgehead atoms. The maximum atomic E-state index is 12.0. The molecule has 0 saturated carbocycles. The molecule has 12 heteroatoms. The summed E-state index contributed by atoms with van der Waals surface area (Å²) < 4.78 is 10.4. The summed E-state index contributed by atoms with van der Waals surface area (Å²) in [6, 6.07) is -1.64. The molecule has 4 N–H and O–H groups in total. The average Bonchev–Trinajstić information content (AvgIpc) is 2.58. The van der Waals surface area contributed by atoms with Gasteiger partial charge in [-0.1, -0.05) is 21.6 Å². The second kappa shape index (κ2) is 12.8. The van der Waals surface area contributed by atoms with E-state index in [1.54, 1.807) is 41.5 Å². The van der Waals surface area contributed by atoms with Gasteiger partial charge in [0.15, 0.2) is 0 Å². The molecule has 0 saturated heterocycles. The van der Waals surface area contributed by atoms with Crippen molar-refractivity contribution in [2.24, 2.45) is 0 Å². The molecule has 0 rings (SSSR count). The van der Waals surface area contributed by atoms with Crippen LogP contribution in [0.4, 0.5) is 9.59 Å². The van der Waals surface area contributed by atoms with Crippen molar-refractivity contribution in [3.63, 3.8) is 0 Å². The summed E-state index contributed by atoms with van der Waals surface area (Å²) in [5, 5.41) is 10.0. The predicted molar refractivity (Wildman–Crippen MR) is 119 cm³/mol. The Morgan fingerprint density at radius 1 is 0.700 bits per heavy atom. The smallest absolute Gasteiger partial charge is 0.408 e. The lowest BCUT2D eigenvalue weighted by Gasteiger charge is -2.23. The molecule has 0 fully saturated rings. The lowest BCUT2D eigenvalue weighted by molar-refractivity contribution is -0.122. The van der Waals surface area contributed by atoms with Gasteiger partial charge in [0.05, 0.1) is 0 Å². The van der Waals surface area contributed by atoms with Gasteiger partial charge in [-0.3, -0.25) is 9.59 Å². The molecule has 0 spiro atoms. The Bertz CT molecular complexity index is 552. The Labute approximate surface area is 186 Å². The van der Waals surface area contributed by atoms with Crippen LogP contribution in [-0.4, -0.2) is 72.9 Å². The molecule has 0 aromatic rings. The van der Waals surface area contributed by atoms with E-state index < -0.39 is 35.5 Å². The van der Waals surface area contributed by atoms with Crippen molar-refractivity contribution in [2.75, 3.05) is 25.6 Å². The van der Waals surface area contributed by atoms with E-state index >= 15 is 0 Å². The summed E-state index contributed by atoms with van der Waals surface area (Å²) in [5.74, 6) is -0.278. The maximum absolute atomic E-state index is 12.0. The van der Waals surface area contributed by atoms with E-state index in [0.29, 0.717) is 0 Å². The van der Waals surface area contributed by atoms with Crippen LogP contribution >= 0.6 is 21.6 Å². The quantitative estimate of drug-likeness (QED) is 0.298. The number of hydrogen-bond donors (Lipinski definition) is 4. The Hall–Kier alpha value is -1.82. The van der Waals surface area contributed by atoms with Crippen molar-refractivity contribution < 1.29 is 28.7 Å². The van der Waals surface area contributed by atoms with E-state index in [1.807, 2.05) is 0 Å². The fourth-order valence-corrected chi connectivity index (χ4v) is 4.17. The molecule has 0 heterocycles. The average molecular weight is 467 g/mol. The Morgan fingerprint density at radius 3 is 1.23 bits per heavy atom. The second-order valence-corrected chi connectivity index (χ2v) is 10.7. The summed E-state index contributed by atoms with van der Waals surface area (Å²) in [5.41, 5.74) is -1.37. The van der Waals surface area contributed by atoms with Crippen LogP contribution in [0.2, 0.25) is 0 Å². The molecular formula is C18H34N4O6S2. The first-order valence-corrected chi connectivity index (χ1v) is 11.8. The van der Waals surface area contributed by atoms with Gasteiger partial charge in [0, 0.05) is 25.6 Å². The molecule has 2 atom stereocenters. The van der Waals surface area contributed by atoms with Gasteiger partial charge < -0.3 is 30.7 Å². The molecule has 4 amide bonds. The van der Waals surface area contributed by atoms with Crippen LogP contribution < -0.4 is 21.3 Å². The number of alkyl carbamates (subject to hydrolysis) is 2. The van der Waals surface area contributed by atoms with Crippen molar-refractivity contribution in [1.29, 1.82) is 0 Å². The summed E-state index contributed by atoms with van der Waals surface area (Å²) in [6.45, 7) is 10.3. The van der Waals surface area contributed by atoms with Crippen molar-refractivity contribution >= 4 is 45.6 Å². The Morgan fingerprint density at radius 2 is 1.00 bits per heavy atom. The molecule has 10 nitrogen and oxygen atoms in total. The van der Waals surface area contributed by atoms with Crippen molar-refractivity contribution in [3.05, 3.63) is 0 Å². The molecule has 0 aliphatic carbocycles. The minimum atomic E-state index is -0.820. The SMILES string of the molecule is CNC(=O)C(CSSC[C@H](NC(=O)OC(C)(C)C)C(=O)NC)NC(=O)OC(C)(C)C. The fraction of sp³-hybridized carbons (Fsp3) is 0.778. The zero-order valence-electron chi connectivity index (χ0n) is 18.8. The first kappa shape index (κ1) is 28.2. The molecule has 0 aromatic heterocycles. The highest BCUT2D eigenvalue weighted by Gasteiger charge is 2.26. The maximum Gasteiger partial charge on any atom is 0.408 e. The highest BCUT2D eigenvalue weighted by molar-refractivity contribution is 8.76. The van der Waals surface area contributed by atoms with Gasteiger partial charge in [0.2, 0.25) is 11.8 Å². The van der Waals surface area contributed by atoms with Crippen LogP contribution in [0, 0.1) is 0 Å². The normalized spacial score (nSPS) is 13.5. The van der Waals surface area contributed by atoms with E-state index in [1.165, 1.54) is 35.7 Å². The van der Waals surface area contributed by atoms with E-state index in [2.05, 4.69) is 21.3 Å². The monoisotopic (exact) mass is 466 g/mol. The Kier molecular flexibility index (Phi) is 12.0. The first-order chi connectivity index (χ1) is 13.7. The summed E-state index contributed by atoms with van der Waals surface area (Å²) in [7, 11) is 5.49. The minimum Gasteiger partial charge on any atom is -0.444 e. The van der Waals surface area contributed by atoms with E-state index in [9.17, 15) is 19.2 Å². The number of carbonyl (C=O) groups is 4. The van der Waals surface area contributed by atoms with Gasteiger partial charge >= 0.3 is 12.2 Å². The van der Waals surface area contributed by atoms with Crippen LogP contribution in [0.1, 0.15) is 41.5 Å². The topological polar surface area (TPSA) is 135 Å².